The first kappa shape index (κ1) is 27.7. The number of nitrogens with zero attached hydrogens (tertiary/aromatic N) is 1. The van der Waals surface area contributed by atoms with E-state index in [4.69, 9.17) is 10.5 Å². The molecule has 4 saturated carbocycles. The number of rotatable bonds is 6. The van der Waals surface area contributed by atoms with Crippen LogP contribution in [0.25, 0.3) is 0 Å². The molecule has 2 unspecified atom stereocenters. The van der Waals surface area contributed by atoms with Gasteiger partial charge < -0.3 is 10.5 Å². The molecule has 4 fully saturated rings. The number of fused-ring (bicyclic) bond motifs is 5. The van der Waals surface area contributed by atoms with Gasteiger partial charge in [0.25, 0.3) is 5.91 Å². The summed E-state index contributed by atoms with van der Waals surface area (Å²) in [5, 5.41) is 4.11. The van der Waals surface area contributed by atoms with Gasteiger partial charge in [-0.2, -0.15) is 5.10 Å². The molecule has 0 spiro atoms. The van der Waals surface area contributed by atoms with Gasteiger partial charge in [0.2, 0.25) is 0 Å². The molecule has 6 nitrogen and oxygen atoms in total. The zero-order valence-electron chi connectivity index (χ0n) is 24.6. The van der Waals surface area contributed by atoms with Crippen LogP contribution in [0.15, 0.2) is 16.2 Å². The molecule has 0 aromatic heterocycles. The Hall–Kier alpha value is -1.85. The second-order valence-corrected chi connectivity index (χ2v) is 14.5. The zero-order chi connectivity index (χ0) is 27.4. The van der Waals surface area contributed by atoms with Gasteiger partial charge in [-0.25, -0.2) is 5.43 Å². The van der Waals surface area contributed by atoms with E-state index in [1.807, 2.05) is 0 Å². The first-order valence-electron chi connectivity index (χ1n) is 15.5. The highest BCUT2D eigenvalue weighted by molar-refractivity contribution is 6.23. The third kappa shape index (κ3) is 4.62. The van der Waals surface area contributed by atoms with Crippen LogP contribution in [0.2, 0.25) is 0 Å². The molecule has 3 N–H and O–H groups in total. The fraction of sp³-hybridized carbons (Fsp3) is 0.844. The van der Waals surface area contributed by atoms with E-state index in [2.05, 4.69) is 45.1 Å². The van der Waals surface area contributed by atoms with Crippen molar-refractivity contribution in [3.05, 3.63) is 11.1 Å². The van der Waals surface area contributed by atoms with E-state index >= 15 is 0 Å². The number of carbonyl (C=O) groups excluding carboxylic acids is 2. The maximum absolute atomic E-state index is 13.0. The predicted molar refractivity (Wildman–Crippen MR) is 151 cm³/mol. The van der Waals surface area contributed by atoms with Crippen molar-refractivity contribution in [2.24, 2.45) is 63.1 Å². The van der Waals surface area contributed by atoms with Crippen LogP contribution in [-0.4, -0.2) is 23.8 Å². The van der Waals surface area contributed by atoms with Crippen LogP contribution in [0.4, 0.5) is 0 Å². The molecular formula is C32H51N3O3. The smallest absolute Gasteiger partial charge is 0.302 e. The van der Waals surface area contributed by atoms with E-state index in [9.17, 15) is 9.59 Å². The van der Waals surface area contributed by atoms with E-state index in [0.29, 0.717) is 34.6 Å². The minimum atomic E-state index is -0.214. The predicted octanol–water partition coefficient (Wildman–Crippen LogP) is 6.35. The van der Waals surface area contributed by atoms with E-state index in [1.165, 1.54) is 57.4 Å². The Morgan fingerprint density at radius 1 is 1.08 bits per heavy atom. The van der Waals surface area contributed by atoms with E-state index in [0.717, 1.165) is 43.4 Å². The molecule has 0 radical (unpaired) electrons. The standard InChI is InChI=1S/C32H51N3O3/c1-18(2)8-7-9-19(3)24-10-11-25-22-17-23(28-29(33)34-35-30(28)37)27-16-21(38-20(4)36)12-14-32(27,6)26(22)13-15-31(24,25)5/h18-19,21-22,24-27H,7-17H2,1-6H3,(H2,33,34)(H,35,37)/b28-23+/t19-,21?,22+,24-,25+,26+,27?,31-,32-/m1/s1. The van der Waals surface area contributed by atoms with Gasteiger partial charge in [-0.05, 0) is 109 Å². The van der Waals surface area contributed by atoms with Crippen molar-refractivity contribution in [1.82, 2.24) is 5.43 Å². The third-order valence-corrected chi connectivity index (χ3v) is 12.1. The number of amides is 1. The lowest BCUT2D eigenvalue weighted by Gasteiger charge is -2.62. The van der Waals surface area contributed by atoms with Gasteiger partial charge in [0.15, 0.2) is 5.84 Å². The molecule has 1 heterocycles. The molecule has 5 rings (SSSR count). The lowest BCUT2D eigenvalue weighted by Crippen LogP contribution is -2.55. The zero-order valence-corrected chi connectivity index (χ0v) is 24.6. The molecule has 0 bridgehead atoms. The van der Waals surface area contributed by atoms with Gasteiger partial charge >= 0.3 is 5.97 Å². The Balaban J connectivity index is 1.46. The molecule has 1 aliphatic heterocycles. The number of esters is 1. The number of amidine groups is 1. The molecule has 0 saturated heterocycles. The number of hydrogen-bond donors (Lipinski definition) is 2. The number of hydrogen-bond acceptors (Lipinski definition) is 5. The van der Waals surface area contributed by atoms with Crippen LogP contribution in [0.5, 0.6) is 0 Å². The molecular weight excluding hydrogens is 474 g/mol. The Bertz CT molecular complexity index is 1020. The lowest BCUT2D eigenvalue weighted by molar-refractivity contribution is -0.155. The van der Waals surface area contributed by atoms with Crippen LogP contribution in [0, 0.1) is 52.3 Å². The molecule has 38 heavy (non-hydrogen) atoms. The Morgan fingerprint density at radius 3 is 2.45 bits per heavy atom. The molecule has 6 heteroatoms. The summed E-state index contributed by atoms with van der Waals surface area (Å²) in [6.07, 6.45) is 12.9. The molecule has 212 valence electrons. The van der Waals surface area contributed by atoms with Crippen molar-refractivity contribution in [2.75, 3.05) is 0 Å². The van der Waals surface area contributed by atoms with E-state index in [-0.39, 0.29) is 29.3 Å². The highest BCUT2D eigenvalue weighted by Gasteiger charge is 2.62. The maximum atomic E-state index is 13.0. The fourth-order valence-corrected chi connectivity index (χ4v) is 10.4. The van der Waals surface area contributed by atoms with Gasteiger partial charge in [0, 0.05) is 6.92 Å². The van der Waals surface area contributed by atoms with Crippen molar-refractivity contribution in [3.8, 4) is 0 Å². The average Bonchev–Trinajstić information content (AvgIpc) is 3.37. The molecule has 1 amide bonds. The first-order valence-corrected chi connectivity index (χ1v) is 15.5. The van der Waals surface area contributed by atoms with Crippen LogP contribution in [-0.2, 0) is 14.3 Å². The van der Waals surface area contributed by atoms with Gasteiger partial charge in [-0.3, -0.25) is 9.59 Å². The lowest BCUT2D eigenvalue weighted by atomic mass is 9.43. The van der Waals surface area contributed by atoms with Crippen molar-refractivity contribution in [1.29, 1.82) is 0 Å². The summed E-state index contributed by atoms with van der Waals surface area (Å²) in [4.78, 5) is 24.8. The summed E-state index contributed by atoms with van der Waals surface area (Å²) < 4.78 is 5.73. The van der Waals surface area contributed by atoms with Gasteiger partial charge in [0.05, 0.1) is 5.57 Å². The molecule has 4 aliphatic carbocycles. The number of ether oxygens (including phenoxy) is 1. The van der Waals surface area contributed by atoms with Crippen molar-refractivity contribution in [2.45, 2.75) is 118 Å². The van der Waals surface area contributed by atoms with E-state index in [1.54, 1.807) is 0 Å². The summed E-state index contributed by atoms with van der Waals surface area (Å²) >= 11 is 0. The highest BCUT2D eigenvalue weighted by atomic mass is 16.5. The van der Waals surface area contributed by atoms with Crippen LogP contribution in [0.1, 0.15) is 112 Å². The summed E-state index contributed by atoms with van der Waals surface area (Å²) in [5.74, 6) is 4.43. The number of allylic oxidation sites excluding steroid dienone is 1. The van der Waals surface area contributed by atoms with Crippen LogP contribution < -0.4 is 11.2 Å². The largest absolute Gasteiger partial charge is 0.463 e. The fourth-order valence-electron chi connectivity index (χ4n) is 10.4. The molecule has 0 aromatic rings. The summed E-state index contributed by atoms with van der Waals surface area (Å²) in [6.45, 7) is 13.8. The monoisotopic (exact) mass is 525 g/mol. The van der Waals surface area contributed by atoms with Crippen molar-refractivity contribution < 1.29 is 14.3 Å². The number of nitrogens with two attached hydrogens (primary N) is 1. The molecule has 9 atom stereocenters. The van der Waals surface area contributed by atoms with Gasteiger partial charge in [-0.1, -0.05) is 53.9 Å². The number of hydrazone groups is 1. The second-order valence-electron chi connectivity index (χ2n) is 14.5. The average molecular weight is 526 g/mol. The summed E-state index contributed by atoms with van der Waals surface area (Å²) in [6, 6.07) is 0. The Morgan fingerprint density at radius 2 is 1.79 bits per heavy atom. The Labute approximate surface area is 230 Å². The van der Waals surface area contributed by atoms with Crippen molar-refractivity contribution in [3.63, 3.8) is 0 Å². The number of carbonyl (C=O) groups is 2. The topological polar surface area (TPSA) is 93.8 Å². The van der Waals surface area contributed by atoms with Gasteiger partial charge in [0.1, 0.15) is 6.10 Å². The minimum Gasteiger partial charge on any atom is -0.463 e. The third-order valence-electron chi connectivity index (χ3n) is 12.1. The maximum Gasteiger partial charge on any atom is 0.302 e. The quantitative estimate of drug-likeness (QED) is 0.312. The number of nitrogens with one attached hydrogen (secondary N) is 1. The SMILES string of the molecule is CC(=O)OC1CC[C@@]2(C)C(C1)/C(=C1/C(=O)NN=C1N)C[C@H]1[C@@H]3CC[C@H]([C@H](C)CCCC(C)C)[C@@]3(C)CC[C@@H]12. The van der Waals surface area contributed by atoms with Crippen molar-refractivity contribution >= 4 is 17.7 Å². The van der Waals surface area contributed by atoms with Gasteiger partial charge in [-0.15, -0.1) is 0 Å². The minimum absolute atomic E-state index is 0.0863. The van der Waals surface area contributed by atoms with E-state index < -0.39 is 0 Å². The molecule has 0 aromatic carbocycles. The van der Waals surface area contributed by atoms with Crippen LogP contribution >= 0.6 is 0 Å². The first-order chi connectivity index (χ1) is 18.0. The summed E-state index contributed by atoms with van der Waals surface area (Å²) in [5.41, 5.74) is 11.2. The van der Waals surface area contributed by atoms with Crippen LogP contribution in [0.3, 0.4) is 0 Å². The molecule has 5 aliphatic rings. The summed E-state index contributed by atoms with van der Waals surface area (Å²) in [7, 11) is 0. The normalized spacial score (nSPS) is 43.1. The Kier molecular flexibility index (Phi) is 7.49. The second kappa shape index (κ2) is 10.3. The highest BCUT2D eigenvalue weighted by Crippen LogP contribution is 2.69.